The molecule has 1 N–H and O–H groups in total. The first-order valence-electron chi connectivity index (χ1n) is 11.3. The summed E-state index contributed by atoms with van der Waals surface area (Å²) in [6.45, 7) is 2.13. The van der Waals surface area contributed by atoms with Crippen molar-refractivity contribution in [3.63, 3.8) is 0 Å². The number of nitrogens with zero attached hydrogens (tertiary/aromatic N) is 1. The number of amides is 1. The van der Waals surface area contributed by atoms with Crippen molar-refractivity contribution in [1.29, 1.82) is 0 Å². The van der Waals surface area contributed by atoms with Gasteiger partial charge in [0, 0.05) is 6.54 Å². The third-order valence-corrected chi connectivity index (χ3v) is 6.97. The quantitative estimate of drug-likeness (QED) is 0.686. The van der Waals surface area contributed by atoms with E-state index in [9.17, 15) is 19.1 Å². The van der Waals surface area contributed by atoms with Gasteiger partial charge in [0.1, 0.15) is 5.82 Å². The van der Waals surface area contributed by atoms with E-state index < -0.39 is 29.7 Å². The van der Waals surface area contributed by atoms with Gasteiger partial charge < -0.3 is 10.0 Å². The molecule has 0 spiro atoms. The smallest absolute Gasteiger partial charge is 0.308 e. The van der Waals surface area contributed by atoms with Gasteiger partial charge in [-0.2, -0.15) is 0 Å². The monoisotopic (exact) mass is 423 g/mol. The maximum absolute atomic E-state index is 14.5. The largest absolute Gasteiger partial charge is 0.481 e. The Hall–Kier alpha value is -2.69. The number of aryl methyl sites for hydroxylation is 1. The minimum Gasteiger partial charge on any atom is -0.481 e. The zero-order valence-electron chi connectivity index (χ0n) is 18.0. The molecule has 1 saturated heterocycles. The Balaban J connectivity index is 1.65. The molecule has 4 nitrogen and oxygen atoms in total. The molecule has 2 aromatic rings. The average Bonchev–Trinajstić information content (AvgIpc) is 3.26. The molecule has 31 heavy (non-hydrogen) atoms. The van der Waals surface area contributed by atoms with Crippen LogP contribution in [0.5, 0.6) is 0 Å². The normalized spacial score (nSPS) is 21.9. The van der Waals surface area contributed by atoms with E-state index in [1.807, 2.05) is 12.1 Å². The topological polar surface area (TPSA) is 57.6 Å². The number of likely N-dealkylation sites (tertiary alicyclic amines) is 1. The van der Waals surface area contributed by atoms with Crippen LogP contribution in [-0.2, 0) is 11.2 Å². The van der Waals surface area contributed by atoms with Gasteiger partial charge in [-0.25, -0.2) is 4.39 Å². The summed E-state index contributed by atoms with van der Waals surface area (Å²) in [6, 6.07) is 12.0. The number of carboxylic acids is 1. The molecule has 2 fully saturated rings. The Morgan fingerprint density at radius 1 is 1.03 bits per heavy atom. The van der Waals surface area contributed by atoms with Gasteiger partial charge in [-0.15, -0.1) is 0 Å². The van der Waals surface area contributed by atoms with Gasteiger partial charge in [0.15, 0.2) is 0 Å². The molecule has 0 radical (unpaired) electrons. The van der Waals surface area contributed by atoms with Gasteiger partial charge in [-0.05, 0) is 54.9 Å². The number of carbonyl (C=O) groups excluding carboxylic acids is 1. The summed E-state index contributed by atoms with van der Waals surface area (Å²) < 4.78 is 14.5. The van der Waals surface area contributed by atoms with Crippen molar-refractivity contribution >= 4 is 11.9 Å². The number of benzene rings is 2. The molecule has 0 bridgehead atoms. The first-order valence-corrected chi connectivity index (χ1v) is 11.3. The zero-order valence-corrected chi connectivity index (χ0v) is 18.0. The van der Waals surface area contributed by atoms with Crippen molar-refractivity contribution in [2.45, 2.75) is 57.9 Å². The number of aliphatic carboxylic acids is 1. The number of hydrogen-bond donors (Lipinski definition) is 1. The average molecular weight is 424 g/mol. The van der Waals surface area contributed by atoms with E-state index in [1.54, 1.807) is 24.0 Å². The van der Waals surface area contributed by atoms with Crippen LogP contribution in [0.3, 0.4) is 0 Å². The summed E-state index contributed by atoms with van der Waals surface area (Å²) in [5, 5.41) is 9.88. The molecule has 1 amide bonds. The van der Waals surface area contributed by atoms with Crippen molar-refractivity contribution in [2.24, 2.45) is 11.8 Å². The van der Waals surface area contributed by atoms with E-state index in [1.165, 1.54) is 37.3 Å². The Morgan fingerprint density at radius 2 is 1.74 bits per heavy atom. The van der Waals surface area contributed by atoms with E-state index in [2.05, 4.69) is 12.1 Å². The van der Waals surface area contributed by atoms with E-state index in [4.69, 9.17) is 0 Å². The van der Waals surface area contributed by atoms with Crippen LogP contribution in [0.4, 0.5) is 4.39 Å². The maximum Gasteiger partial charge on any atom is 0.308 e. The van der Waals surface area contributed by atoms with Crippen molar-refractivity contribution in [3.05, 3.63) is 70.5 Å². The van der Waals surface area contributed by atoms with Crippen molar-refractivity contribution in [1.82, 2.24) is 4.90 Å². The molecule has 2 aliphatic rings. The summed E-state index contributed by atoms with van der Waals surface area (Å²) in [6.07, 6.45) is 7.29. The summed E-state index contributed by atoms with van der Waals surface area (Å²) in [5.74, 6) is -1.88. The van der Waals surface area contributed by atoms with Crippen LogP contribution < -0.4 is 0 Å². The molecular weight excluding hydrogens is 393 g/mol. The molecule has 164 valence electrons. The van der Waals surface area contributed by atoms with E-state index >= 15 is 0 Å². The maximum atomic E-state index is 14.5. The van der Waals surface area contributed by atoms with Crippen LogP contribution in [0.2, 0.25) is 0 Å². The van der Waals surface area contributed by atoms with Gasteiger partial charge in [-0.1, -0.05) is 62.1 Å². The Morgan fingerprint density at radius 3 is 2.39 bits per heavy atom. The third-order valence-electron chi connectivity index (χ3n) is 6.97. The fraction of sp³-hybridized carbons (Fsp3) is 0.462. The molecule has 1 heterocycles. The molecule has 1 aliphatic carbocycles. The number of piperidine rings is 1. The predicted molar refractivity (Wildman–Crippen MR) is 117 cm³/mol. The lowest BCUT2D eigenvalue weighted by atomic mass is 9.83. The lowest BCUT2D eigenvalue weighted by Gasteiger charge is -2.40. The highest BCUT2D eigenvalue weighted by Crippen LogP contribution is 2.38. The number of carbonyl (C=O) groups is 2. The summed E-state index contributed by atoms with van der Waals surface area (Å²) in [7, 11) is 0. The van der Waals surface area contributed by atoms with Gasteiger partial charge in [-0.3, -0.25) is 9.59 Å². The van der Waals surface area contributed by atoms with E-state index in [-0.39, 0.29) is 5.56 Å². The van der Waals surface area contributed by atoms with Crippen LogP contribution in [0.1, 0.15) is 71.6 Å². The summed E-state index contributed by atoms with van der Waals surface area (Å²) in [5.41, 5.74) is 2.66. The van der Waals surface area contributed by atoms with Crippen LogP contribution in [-0.4, -0.2) is 28.4 Å². The molecule has 5 heteroatoms. The number of carboxylic acid groups (broad SMARTS) is 1. The minimum absolute atomic E-state index is 0.0383. The summed E-state index contributed by atoms with van der Waals surface area (Å²) >= 11 is 0. The van der Waals surface area contributed by atoms with Gasteiger partial charge in [0.25, 0.3) is 5.91 Å². The second-order valence-electron chi connectivity index (χ2n) is 9.06. The predicted octanol–water partition coefficient (Wildman–Crippen LogP) is 5.54. The minimum atomic E-state index is -0.914. The lowest BCUT2D eigenvalue weighted by Crippen LogP contribution is -2.45. The summed E-state index contributed by atoms with van der Waals surface area (Å²) in [4.78, 5) is 27.0. The molecule has 2 aromatic carbocycles. The second-order valence-corrected chi connectivity index (χ2v) is 9.06. The first kappa shape index (κ1) is 21.5. The molecule has 4 rings (SSSR count). The van der Waals surface area contributed by atoms with E-state index in [0.717, 1.165) is 17.9 Å². The second kappa shape index (κ2) is 9.21. The molecule has 1 aliphatic heterocycles. The van der Waals surface area contributed by atoms with Gasteiger partial charge in [0.2, 0.25) is 0 Å². The molecule has 1 saturated carbocycles. The Bertz CT molecular complexity index is 929. The van der Waals surface area contributed by atoms with Crippen molar-refractivity contribution in [3.8, 4) is 0 Å². The third kappa shape index (κ3) is 4.51. The van der Waals surface area contributed by atoms with E-state index in [0.29, 0.717) is 24.9 Å². The van der Waals surface area contributed by atoms with Crippen LogP contribution >= 0.6 is 0 Å². The Labute approximate surface area is 183 Å². The van der Waals surface area contributed by atoms with Gasteiger partial charge >= 0.3 is 5.97 Å². The van der Waals surface area contributed by atoms with Crippen molar-refractivity contribution < 1.29 is 19.1 Å². The lowest BCUT2D eigenvalue weighted by molar-refractivity contribution is -0.145. The molecule has 0 aromatic heterocycles. The Kier molecular flexibility index (Phi) is 6.40. The SMILES string of the molecule is Cc1cccc(F)c1C(=O)N1CCC[C@H](C(=O)O)[C@@H]1c1ccc(CC2CCCC2)cc1. The highest BCUT2D eigenvalue weighted by molar-refractivity contribution is 5.96. The standard InChI is InChI=1S/C26H30FNO3/c1-17-6-4-10-22(27)23(17)25(29)28-15-5-9-21(26(30)31)24(28)20-13-11-19(12-14-20)16-18-7-2-3-8-18/h4,6,10-14,18,21,24H,2-3,5,7-9,15-16H2,1H3,(H,30,31)/t21-,24-/m0/s1. The van der Waals surface area contributed by atoms with Crippen molar-refractivity contribution in [2.75, 3.05) is 6.54 Å². The highest BCUT2D eigenvalue weighted by atomic mass is 19.1. The van der Waals surface area contributed by atoms with Crippen LogP contribution in [0.15, 0.2) is 42.5 Å². The van der Waals surface area contributed by atoms with Crippen LogP contribution in [0, 0.1) is 24.6 Å². The van der Waals surface area contributed by atoms with Crippen LogP contribution in [0.25, 0.3) is 0 Å². The zero-order chi connectivity index (χ0) is 22.0. The molecule has 0 unspecified atom stereocenters. The fourth-order valence-corrected chi connectivity index (χ4v) is 5.34. The fourth-order valence-electron chi connectivity index (χ4n) is 5.34. The number of hydrogen-bond acceptors (Lipinski definition) is 2. The first-order chi connectivity index (χ1) is 15.0. The van der Waals surface area contributed by atoms with Gasteiger partial charge in [0.05, 0.1) is 17.5 Å². The molecular formula is C26H30FNO3. The highest BCUT2D eigenvalue weighted by Gasteiger charge is 2.40. The number of rotatable bonds is 5. The number of halogens is 1. The molecule has 2 atom stereocenters.